The Kier molecular flexibility index (Phi) is 7.79. The lowest BCUT2D eigenvalue weighted by molar-refractivity contribution is -0.140. The van der Waals surface area contributed by atoms with Crippen LogP contribution in [-0.4, -0.2) is 26.2 Å². The molecular weight excluding hydrogens is 196 g/mol. The zero-order chi connectivity index (χ0) is 11.5. The first-order chi connectivity index (χ1) is 7.20. The number of hydrogen-bond donors (Lipinski definition) is 0. The molecule has 0 unspecified atom stereocenters. The largest absolute Gasteiger partial charge is 0.469 e. The fourth-order valence-corrected chi connectivity index (χ4v) is 0.732. The molecule has 0 bridgehead atoms. The molecule has 15 heavy (non-hydrogen) atoms. The average Bonchev–Trinajstić information content (AvgIpc) is 2.26. The van der Waals surface area contributed by atoms with E-state index in [0.717, 1.165) is 0 Å². The zero-order valence-corrected chi connectivity index (χ0v) is 8.91. The molecule has 0 radical (unpaired) electrons. The predicted octanol–water partition coefficient (Wildman–Crippen LogP) is 1.06. The van der Waals surface area contributed by atoms with Crippen LogP contribution in [0.1, 0.15) is 19.3 Å². The summed E-state index contributed by atoms with van der Waals surface area (Å²) in [5, 5.41) is 0. The average molecular weight is 210 g/mol. The minimum absolute atomic E-state index is 0.234. The van der Waals surface area contributed by atoms with Gasteiger partial charge in [0.1, 0.15) is 0 Å². The van der Waals surface area contributed by atoms with Crippen LogP contribution >= 0.6 is 0 Å². The number of carbonyl (C=O) groups is 2. The van der Waals surface area contributed by atoms with E-state index in [2.05, 4.69) is 21.3 Å². The van der Waals surface area contributed by atoms with Crippen molar-refractivity contribution in [3.05, 3.63) is 12.2 Å². The Bertz CT molecular complexity index is 293. The number of ether oxygens (including phenoxy) is 2. The first-order valence-corrected chi connectivity index (χ1v) is 4.50. The maximum Gasteiger partial charge on any atom is 0.331 e. The number of esters is 2. The van der Waals surface area contributed by atoms with Gasteiger partial charge in [-0.1, -0.05) is 11.8 Å². The Morgan fingerprint density at radius 1 is 1.27 bits per heavy atom. The quantitative estimate of drug-likeness (QED) is 0.301. The van der Waals surface area contributed by atoms with Crippen LogP contribution in [0.15, 0.2) is 12.2 Å². The van der Waals surface area contributed by atoms with Crippen molar-refractivity contribution in [1.82, 2.24) is 0 Å². The summed E-state index contributed by atoms with van der Waals surface area (Å²) in [6.07, 6.45) is 4.29. The number of carbonyl (C=O) groups excluding carboxylic acids is 2. The summed E-state index contributed by atoms with van der Waals surface area (Å²) in [7, 11) is 2.66. The van der Waals surface area contributed by atoms with Crippen molar-refractivity contribution < 1.29 is 19.1 Å². The van der Waals surface area contributed by atoms with Gasteiger partial charge in [0.25, 0.3) is 0 Å². The number of unbranched alkanes of at least 4 members (excludes halogenated alkanes) is 1. The van der Waals surface area contributed by atoms with Crippen LogP contribution in [0.5, 0.6) is 0 Å². The van der Waals surface area contributed by atoms with Crippen molar-refractivity contribution in [3.63, 3.8) is 0 Å². The maximum atomic E-state index is 10.7. The van der Waals surface area contributed by atoms with Crippen LogP contribution in [0, 0.1) is 11.8 Å². The van der Waals surface area contributed by atoms with E-state index in [1.807, 2.05) is 0 Å². The SMILES string of the molecule is COC(=O)C=CC#CCCCC(=O)OC. The number of allylic oxidation sites excluding steroid dienone is 1. The normalized spacial score (nSPS) is 9.20. The van der Waals surface area contributed by atoms with Crippen molar-refractivity contribution in [2.24, 2.45) is 0 Å². The van der Waals surface area contributed by atoms with Crippen LogP contribution in [0.25, 0.3) is 0 Å². The van der Waals surface area contributed by atoms with Gasteiger partial charge in [-0.15, -0.1) is 0 Å². The van der Waals surface area contributed by atoms with E-state index in [1.165, 1.54) is 26.4 Å². The molecule has 0 amide bonds. The number of rotatable bonds is 4. The van der Waals surface area contributed by atoms with Crippen molar-refractivity contribution in [1.29, 1.82) is 0 Å². The van der Waals surface area contributed by atoms with Crippen LogP contribution in [0.2, 0.25) is 0 Å². The van der Waals surface area contributed by atoms with Gasteiger partial charge < -0.3 is 9.47 Å². The highest BCUT2D eigenvalue weighted by Crippen LogP contribution is 1.95. The minimum Gasteiger partial charge on any atom is -0.469 e. The standard InChI is InChI=1S/C11H14O4/c1-14-10(12)8-6-4-3-5-7-9-11(13)15-2/h7,9H,4,6,8H2,1-2H3. The third kappa shape index (κ3) is 8.57. The van der Waals surface area contributed by atoms with Crippen LogP contribution in [0.4, 0.5) is 0 Å². The van der Waals surface area contributed by atoms with E-state index >= 15 is 0 Å². The molecule has 0 aromatic rings. The summed E-state index contributed by atoms with van der Waals surface area (Å²) < 4.78 is 8.83. The molecule has 0 spiro atoms. The molecule has 0 aliphatic carbocycles. The van der Waals surface area contributed by atoms with Gasteiger partial charge in [0, 0.05) is 18.9 Å². The van der Waals surface area contributed by atoms with Gasteiger partial charge in [-0.05, 0) is 12.5 Å². The van der Waals surface area contributed by atoms with E-state index < -0.39 is 5.97 Å². The fourth-order valence-electron chi connectivity index (χ4n) is 0.732. The number of methoxy groups -OCH3 is 2. The summed E-state index contributed by atoms with van der Waals surface area (Å²) in [5.41, 5.74) is 0. The Balaban J connectivity index is 3.59. The molecular formula is C11H14O4. The van der Waals surface area contributed by atoms with E-state index in [-0.39, 0.29) is 5.97 Å². The molecule has 4 heteroatoms. The molecule has 82 valence electrons. The highest BCUT2D eigenvalue weighted by molar-refractivity contribution is 5.82. The molecule has 0 N–H and O–H groups in total. The second kappa shape index (κ2) is 8.82. The molecule has 0 aromatic heterocycles. The van der Waals surface area contributed by atoms with Gasteiger partial charge in [0.05, 0.1) is 14.2 Å². The van der Waals surface area contributed by atoms with E-state index in [1.54, 1.807) is 0 Å². The highest BCUT2D eigenvalue weighted by Gasteiger charge is 1.96. The zero-order valence-electron chi connectivity index (χ0n) is 8.91. The molecule has 0 fully saturated rings. The molecule has 0 aliphatic heterocycles. The Labute approximate surface area is 89.2 Å². The lowest BCUT2D eigenvalue weighted by atomic mass is 10.2. The van der Waals surface area contributed by atoms with Gasteiger partial charge in [-0.3, -0.25) is 4.79 Å². The summed E-state index contributed by atoms with van der Waals surface area (Å²) in [4.78, 5) is 21.3. The molecule has 0 saturated heterocycles. The van der Waals surface area contributed by atoms with Crippen molar-refractivity contribution >= 4 is 11.9 Å². The van der Waals surface area contributed by atoms with Crippen molar-refractivity contribution in [2.75, 3.05) is 14.2 Å². The summed E-state index contributed by atoms with van der Waals surface area (Å²) >= 11 is 0. The maximum absolute atomic E-state index is 10.7. The van der Waals surface area contributed by atoms with Crippen LogP contribution < -0.4 is 0 Å². The fraction of sp³-hybridized carbons (Fsp3) is 0.455. The number of hydrogen-bond acceptors (Lipinski definition) is 4. The van der Waals surface area contributed by atoms with Gasteiger partial charge >= 0.3 is 11.9 Å². The van der Waals surface area contributed by atoms with Crippen LogP contribution in [0.3, 0.4) is 0 Å². The first kappa shape index (κ1) is 13.2. The van der Waals surface area contributed by atoms with Gasteiger partial charge in [-0.2, -0.15) is 0 Å². The third-order valence-electron chi connectivity index (χ3n) is 1.52. The Morgan fingerprint density at radius 2 is 2.00 bits per heavy atom. The topological polar surface area (TPSA) is 52.6 Å². The molecule has 0 atom stereocenters. The van der Waals surface area contributed by atoms with Gasteiger partial charge in [-0.25, -0.2) is 4.79 Å². The Morgan fingerprint density at radius 3 is 2.60 bits per heavy atom. The predicted molar refractivity (Wildman–Crippen MR) is 54.8 cm³/mol. The van der Waals surface area contributed by atoms with Crippen molar-refractivity contribution in [3.8, 4) is 11.8 Å². The van der Waals surface area contributed by atoms with Crippen molar-refractivity contribution in [2.45, 2.75) is 19.3 Å². The smallest absolute Gasteiger partial charge is 0.331 e. The summed E-state index contributed by atoms with van der Waals surface area (Å²) in [6.45, 7) is 0. The Hall–Kier alpha value is -1.76. The summed E-state index contributed by atoms with van der Waals surface area (Å²) in [5.74, 6) is 4.78. The lowest BCUT2D eigenvalue weighted by Crippen LogP contribution is -1.98. The molecule has 0 saturated carbocycles. The highest BCUT2D eigenvalue weighted by atomic mass is 16.5. The second-order valence-electron chi connectivity index (χ2n) is 2.61. The minimum atomic E-state index is -0.432. The molecule has 0 heterocycles. The summed E-state index contributed by atoms with van der Waals surface area (Å²) in [6, 6.07) is 0. The van der Waals surface area contributed by atoms with E-state index in [0.29, 0.717) is 19.3 Å². The van der Waals surface area contributed by atoms with Crippen LogP contribution in [-0.2, 0) is 19.1 Å². The monoisotopic (exact) mass is 210 g/mol. The molecule has 0 rings (SSSR count). The lowest BCUT2D eigenvalue weighted by Gasteiger charge is -1.93. The van der Waals surface area contributed by atoms with Gasteiger partial charge in [0.15, 0.2) is 0 Å². The molecule has 0 aromatic carbocycles. The van der Waals surface area contributed by atoms with Gasteiger partial charge in [0.2, 0.25) is 0 Å². The second-order valence-corrected chi connectivity index (χ2v) is 2.61. The molecule has 4 nitrogen and oxygen atoms in total. The third-order valence-corrected chi connectivity index (χ3v) is 1.52. The molecule has 0 aliphatic rings. The van der Waals surface area contributed by atoms with E-state index in [4.69, 9.17) is 0 Å². The van der Waals surface area contributed by atoms with E-state index in [9.17, 15) is 9.59 Å². The first-order valence-electron chi connectivity index (χ1n) is 4.50.